The number of benzene rings is 1. The van der Waals surface area contributed by atoms with Gasteiger partial charge in [0.25, 0.3) is 5.56 Å². The van der Waals surface area contributed by atoms with Crippen molar-refractivity contribution in [1.82, 2.24) is 9.55 Å². The summed E-state index contributed by atoms with van der Waals surface area (Å²) in [6.07, 6.45) is 2.90. The summed E-state index contributed by atoms with van der Waals surface area (Å²) in [6, 6.07) is 10.2. The summed E-state index contributed by atoms with van der Waals surface area (Å²) in [7, 11) is 1.71. The predicted octanol–water partition coefficient (Wildman–Crippen LogP) is 4.30. The Morgan fingerprint density at radius 3 is 2.76 bits per heavy atom. The number of nitrogens with zero attached hydrogens (tertiary/aromatic N) is 4. The van der Waals surface area contributed by atoms with E-state index in [1.165, 1.54) is 11.3 Å². The third kappa shape index (κ3) is 3.83. The van der Waals surface area contributed by atoms with Crippen molar-refractivity contribution in [3.05, 3.63) is 50.2 Å². The minimum absolute atomic E-state index is 0.189. The third-order valence-electron chi connectivity index (χ3n) is 5.37. The summed E-state index contributed by atoms with van der Waals surface area (Å²) in [5, 5.41) is 14.9. The standard InChI is InChI=1S/C21H22ClN5OS/c1-13-24-18-19(17(12-23)20(28)26(2)21(18)29-13)27-10-3-4-15(9-11-27)25-16-7-5-14(22)6-8-16/h5-8,15,25H,3-4,9-11H2,1-2H3. The molecule has 0 saturated carbocycles. The lowest BCUT2D eigenvalue weighted by Gasteiger charge is -2.24. The van der Waals surface area contributed by atoms with Gasteiger partial charge >= 0.3 is 0 Å². The van der Waals surface area contributed by atoms with Crippen LogP contribution in [-0.2, 0) is 7.05 Å². The molecule has 4 rings (SSSR count). The number of aromatic nitrogens is 2. The number of hydrogen-bond donors (Lipinski definition) is 1. The number of nitrogens with one attached hydrogen (secondary N) is 1. The molecule has 8 heteroatoms. The van der Waals surface area contributed by atoms with Crippen molar-refractivity contribution in [3.63, 3.8) is 0 Å². The van der Waals surface area contributed by atoms with Crippen LogP contribution in [0.3, 0.4) is 0 Å². The summed E-state index contributed by atoms with van der Waals surface area (Å²) in [6.45, 7) is 3.49. The molecule has 3 heterocycles. The summed E-state index contributed by atoms with van der Waals surface area (Å²) in [5.41, 5.74) is 2.45. The van der Waals surface area contributed by atoms with E-state index >= 15 is 0 Å². The number of rotatable bonds is 3. The molecule has 1 fully saturated rings. The minimum Gasteiger partial charge on any atom is -0.382 e. The summed E-state index contributed by atoms with van der Waals surface area (Å²) < 4.78 is 1.55. The van der Waals surface area contributed by atoms with Crippen LogP contribution in [0.5, 0.6) is 0 Å². The molecule has 1 N–H and O–H groups in total. The number of anilines is 2. The lowest BCUT2D eigenvalue weighted by Crippen LogP contribution is -2.31. The monoisotopic (exact) mass is 427 g/mol. The van der Waals surface area contributed by atoms with E-state index in [1.807, 2.05) is 31.2 Å². The van der Waals surface area contributed by atoms with E-state index < -0.39 is 0 Å². The van der Waals surface area contributed by atoms with Crippen molar-refractivity contribution in [1.29, 1.82) is 5.26 Å². The molecule has 3 aromatic rings. The normalized spacial score (nSPS) is 17.2. The van der Waals surface area contributed by atoms with Crippen LogP contribution < -0.4 is 15.8 Å². The average Bonchev–Trinajstić information content (AvgIpc) is 2.95. The molecule has 29 heavy (non-hydrogen) atoms. The van der Waals surface area contributed by atoms with Crippen LogP contribution in [0, 0.1) is 18.3 Å². The van der Waals surface area contributed by atoms with E-state index in [0.29, 0.717) is 11.7 Å². The zero-order valence-electron chi connectivity index (χ0n) is 16.4. The van der Waals surface area contributed by atoms with Gasteiger partial charge < -0.3 is 14.8 Å². The maximum Gasteiger partial charge on any atom is 0.271 e. The molecule has 0 radical (unpaired) electrons. The van der Waals surface area contributed by atoms with Gasteiger partial charge in [-0.2, -0.15) is 5.26 Å². The van der Waals surface area contributed by atoms with Crippen molar-refractivity contribution >= 4 is 44.7 Å². The van der Waals surface area contributed by atoms with Crippen LogP contribution in [0.25, 0.3) is 10.3 Å². The van der Waals surface area contributed by atoms with E-state index in [-0.39, 0.29) is 11.1 Å². The molecule has 0 amide bonds. The molecule has 1 aliphatic rings. The highest BCUT2D eigenvalue weighted by Crippen LogP contribution is 2.33. The van der Waals surface area contributed by atoms with Crippen molar-refractivity contribution in [2.75, 3.05) is 23.3 Å². The van der Waals surface area contributed by atoms with Gasteiger partial charge in [-0.25, -0.2) is 4.98 Å². The smallest absolute Gasteiger partial charge is 0.271 e. The Labute approximate surface area is 178 Å². The number of fused-ring (bicyclic) bond motifs is 1. The fraction of sp³-hybridized carbons (Fsp3) is 0.381. The number of thiazole rings is 1. The first-order valence-corrected chi connectivity index (χ1v) is 10.8. The first-order chi connectivity index (χ1) is 14.0. The SMILES string of the molecule is Cc1nc2c(N3CCCC(Nc4ccc(Cl)cc4)CC3)c(C#N)c(=O)n(C)c2s1. The minimum atomic E-state index is -0.251. The number of nitriles is 1. The van der Waals surface area contributed by atoms with Gasteiger partial charge in [-0.1, -0.05) is 11.6 Å². The third-order valence-corrected chi connectivity index (χ3v) is 6.67. The van der Waals surface area contributed by atoms with Gasteiger partial charge in [0.05, 0.1) is 10.7 Å². The number of aryl methyl sites for hydroxylation is 2. The molecule has 0 bridgehead atoms. The summed E-state index contributed by atoms with van der Waals surface area (Å²) >= 11 is 7.47. The average molecular weight is 428 g/mol. The van der Waals surface area contributed by atoms with Gasteiger partial charge in [0, 0.05) is 36.9 Å². The lowest BCUT2D eigenvalue weighted by atomic mass is 10.1. The lowest BCUT2D eigenvalue weighted by molar-refractivity contribution is 0.640. The highest BCUT2D eigenvalue weighted by atomic mass is 35.5. The van der Waals surface area contributed by atoms with Crippen molar-refractivity contribution in [2.24, 2.45) is 7.05 Å². The maximum absolute atomic E-state index is 12.8. The van der Waals surface area contributed by atoms with Crippen LogP contribution in [0.4, 0.5) is 11.4 Å². The molecule has 1 aromatic carbocycles. The van der Waals surface area contributed by atoms with E-state index in [0.717, 1.165) is 58.4 Å². The molecule has 1 unspecified atom stereocenters. The number of halogens is 1. The molecule has 0 spiro atoms. The highest BCUT2D eigenvalue weighted by molar-refractivity contribution is 7.18. The van der Waals surface area contributed by atoms with Gasteiger partial charge in [0.15, 0.2) is 0 Å². The van der Waals surface area contributed by atoms with E-state index in [9.17, 15) is 10.1 Å². The Morgan fingerprint density at radius 1 is 1.28 bits per heavy atom. The number of hydrogen-bond acceptors (Lipinski definition) is 6. The number of pyridine rings is 1. The molecule has 150 valence electrons. The largest absolute Gasteiger partial charge is 0.382 e. The Kier molecular flexibility index (Phi) is 5.48. The van der Waals surface area contributed by atoms with Crippen LogP contribution in [0.1, 0.15) is 29.8 Å². The molecule has 1 saturated heterocycles. The quantitative estimate of drug-likeness (QED) is 0.674. The molecule has 2 aromatic heterocycles. The topological polar surface area (TPSA) is 74.0 Å². The first-order valence-electron chi connectivity index (χ1n) is 9.65. The van der Waals surface area contributed by atoms with E-state index in [2.05, 4.69) is 21.3 Å². The predicted molar refractivity (Wildman–Crippen MR) is 119 cm³/mol. The summed E-state index contributed by atoms with van der Waals surface area (Å²) in [5.74, 6) is 0. The van der Waals surface area contributed by atoms with Gasteiger partial charge in [0.1, 0.15) is 22.0 Å². The second kappa shape index (κ2) is 8.05. The molecular weight excluding hydrogens is 406 g/mol. The van der Waals surface area contributed by atoms with Gasteiger partial charge in [-0.05, 0) is 50.5 Å². The first kappa shape index (κ1) is 19.7. The molecular formula is C21H22ClN5OS. The molecule has 0 aliphatic carbocycles. The van der Waals surface area contributed by atoms with Crippen molar-refractivity contribution < 1.29 is 0 Å². The fourth-order valence-electron chi connectivity index (χ4n) is 3.93. The Morgan fingerprint density at radius 2 is 2.03 bits per heavy atom. The fourth-order valence-corrected chi connectivity index (χ4v) is 4.93. The van der Waals surface area contributed by atoms with Crippen molar-refractivity contribution in [3.8, 4) is 6.07 Å². The Bertz CT molecular complexity index is 1150. The van der Waals surface area contributed by atoms with Crippen LogP contribution in [0.2, 0.25) is 5.02 Å². The van der Waals surface area contributed by atoms with Crippen LogP contribution in [0.15, 0.2) is 29.1 Å². The van der Waals surface area contributed by atoms with Crippen LogP contribution >= 0.6 is 22.9 Å². The van der Waals surface area contributed by atoms with E-state index in [1.54, 1.807) is 11.6 Å². The highest BCUT2D eigenvalue weighted by Gasteiger charge is 2.25. The molecule has 6 nitrogen and oxygen atoms in total. The zero-order valence-corrected chi connectivity index (χ0v) is 18.0. The van der Waals surface area contributed by atoms with Gasteiger partial charge in [-0.15, -0.1) is 11.3 Å². The second-order valence-corrected chi connectivity index (χ2v) is 8.97. The maximum atomic E-state index is 12.8. The Hall–Kier alpha value is -2.56. The second-order valence-electron chi connectivity index (χ2n) is 7.35. The van der Waals surface area contributed by atoms with E-state index in [4.69, 9.17) is 11.6 Å². The van der Waals surface area contributed by atoms with Gasteiger partial charge in [-0.3, -0.25) is 4.79 Å². The molecule has 1 aliphatic heterocycles. The zero-order chi connectivity index (χ0) is 20.5. The summed E-state index contributed by atoms with van der Waals surface area (Å²) in [4.78, 5) is 20.4. The van der Waals surface area contributed by atoms with Gasteiger partial charge in [0.2, 0.25) is 0 Å². The molecule has 1 atom stereocenters. The van der Waals surface area contributed by atoms with Crippen LogP contribution in [-0.4, -0.2) is 28.7 Å². The Balaban J connectivity index is 1.63. The van der Waals surface area contributed by atoms with Crippen molar-refractivity contribution in [2.45, 2.75) is 32.2 Å².